The van der Waals surface area contributed by atoms with Crippen molar-refractivity contribution < 1.29 is 23.4 Å². The van der Waals surface area contributed by atoms with Gasteiger partial charge in [0.2, 0.25) is 0 Å². The molecule has 1 unspecified atom stereocenters. The average Bonchev–Trinajstić information content (AvgIpc) is 2.48. The number of esters is 1. The molecule has 0 aliphatic heterocycles. The molecular weight excluding hydrogens is 218 g/mol. The van der Waals surface area contributed by atoms with Crippen molar-refractivity contribution in [2.24, 2.45) is 0 Å². The number of ether oxygens (including phenoxy) is 1. The van der Waals surface area contributed by atoms with E-state index in [-0.39, 0.29) is 17.5 Å². The zero-order chi connectivity index (χ0) is 11.9. The largest absolute Gasteiger partial charge is 0.465 e. The third-order valence-electron chi connectivity index (χ3n) is 2.72. The van der Waals surface area contributed by atoms with E-state index in [1.165, 1.54) is 19.2 Å². The van der Waals surface area contributed by atoms with E-state index in [0.717, 1.165) is 6.07 Å². The molecule has 0 heterocycles. The van der Waals surface area contributed by atoms with E-state index in [2.05, 4.69) is 4.74 Å². The summed E-state index contributed by atoms with van der Waals surface area (Å²) in [6, 6.07) is 3.78. The van der Waals surface area contributed by atoms with Gasteiger partial charge >= 0.3 is 5.97 Å². The van der Waals surface area contributed by atoms with Gasteiger partial charge in [0.25, 0.3) is 5.92 Å². The lowest BCUT2D eigenvalue weighted by molar-refractivity contribution is -0.101. The quantitative estimate of drug-likeness (QED) is 0.740. The summed E-state index contributed by atoms with van der Waals surface area (Å²) < 4.78 is 31.2. The van der Waals surface area contributed by atoms with Crippen LogP contribution in [-0.4, -0.2) is 24.3 Å². The molecule has 86 valence electrons. The van der Waals surface area contributed by atoms with Crippen LogP contribution in [0.5, 0.6) is 0 Å². The molecule has 0 fully saturated rings. The van der Waals surface area contributed by atoms with Crippen LogP contribution >= 0.6 is 0 Å². The van der Waals surface area contributed by atoms with Crippen LogP contribution in [0.2, 0.25) is 0 Å². The van der Waals surface area contributed by atoms with Crippen molar-refractivity contribution in [1.29, 1.82) is 0 Å². The lowest BCUT2D eigenvalue weighted by atomic mass is 10.1. The Bertz CT molecular complexity index is 443. The summed E-state index contributed by atoms with van der Waals surface area (Å²) in [5.74, 6) is -3.81. The van der Waals surface area contributed by atoms with Crippen LogP contribution in [0.25, 0.3) is 0 Å². The fourth-order valence-corrected chi connectivity index (χ4v) is 1.85. The number of aliphatic hydroxyl groups excluding tert-OH is 1. The van der Waals surface area contributed by atoms with Gasteiger partial charge in [0.1, 0.15) is 6.10 Å². The highest BCUT2D eigenvalue weighted by Gasteiger charge is 2.47. The fraction of sp³-hybridized carbons (Fsp3) is 0.364. The standard InChI is InChI=1S/C11H10F2O3/c1-16-10(15)6-2-3-8-7(4-6)5-9(14)11(8,12)13/h2-4,9,14H,5H2,1H3. The Balaban J connectivity index is 2.44. The van der Waals surface area contributed by atoms with Crippen molar-refractivity contribution in [3.05, 3.63) is 34.9 Å². The Morgan fingerprint density at radius 2 is 2.25 bits per heavy atom. The van der Waals surface area contributed by atoms with Gasteiger partial charge in [-0.3, -0.25) is 0 Å². The van der Waals surface area contributed by atoms with Crippen LogP contribution < -0.4 is 0 Å². The van der Waals surface area contributed by atoms with Gasteiger partial charge in [-0.15, -0.1) is 0 Å². The van der Waals surface area contributed by atoms with Crippen molar-refractivity contribution >= 4 is 5.97 Å². The minimum absolute atomic E-state index is 0.146. The molecule has 0 aromatic heterocycles. The van der Waals surface area contributed by atoms with Crippen LogP contribution in [-0.2, 0) is 17.1 Å². The minimum Gasteiger partial charge on any atom is -0.465 e. The highest BCUT2D eigenvalue weighted by atomic mass is 19.3. The number of hydrogen-bond donors (Lipinski definition) is 1. The Morgan fingerprint density at radius 3 is 2.88 bits per heavy atom. The number of aliphatic hydroxyl groups is 1. The molecule has 1 atom stereocenters. The molecule has 0 radical (unpaired) electrons. The number of carbonyl (C=O) groups excluding carboxylic acids is 1. The van der Waals surface area contributed by atoms with E-state index in [0.29, 0.717) is 5.56 Å². The second-order valence-electron chi connectivity index (χ2n) is 3.71. The Kier molecular flexibility index (Phi) is 2.42. The molecule has 5 heteroatoms. The van der Waals surface area contributed by atoms with Crippen LogP contribution in [0, 0.1) is 0 Å². The molecule has 3 nitrogen and oxygen atoms in total. The molecule has 0 amide bonds. The van der Waals surface area contributed by atoms with Gasteiger partial charge < -0.3 is 9.84 Å². The highest BCUT2D eigenvalue weighted by molar-refractivity contribution is 5.89. The third kappa shape index (κ3) is 1.48. The topological polar surface area (TPSA) is 46.5 Å². The molecule has 1 N–H and O–H groups in total. The predicted molar refractivity (Wildman–Crippen MR) is 51.4 cm³/mol. The van der Waals surface area contributed by atoms with Gasteiger partial charge in [0.15, 0.2) is 0 Å². The maximum absolute atomic E-state index is 13.4. The number of carbonyl (C=O) groups is 1. The molecule has 2 rings (SSSR count). The van der Waals surface area contributed by atoms with Crippen LogP contribution in [0.3, 0.4) is 0 Å². The van der Waals surface area contributed by atoms with Gasteiger partial charge in [-0.2, -0.15) is 8.78 Å². The smallest absolute Gasteiger partial charge is 0.337 e. The second-order valence-corrected chi connectivity index (χ2v) is 3.71. The summed E-state index contributed by atoms with van der Waals surface area (Å²) in [6.07, 6.45) is -1.86. The summed E-state index contributed by atoms with van der Waals surface area (Å²) in [5.41, 5.74) is 0.291. The van der Waals surface area contributed by atoms with Crippen molar-refractivity contribution in [1.82, 2.24) is 0 Å². The molecule has 16 heavy (non-hydrogen) atoms. The van der Waals surface area contributed by atoms with Crippen molar-refractivity contribution in [2.75, 3.05) is 7.11 Å². The van der Waals surface area contributed by atoms with E-state index in [1.807, 2.05) is 0 Å². The van der Waals surface area contributed by atoms with Gasteiger partial charge in [-0.05, 0) is 17.7 Å². The molecular formula is C11H10F2O3. The number of rotatable bonds is 1. The zero-order valence-corrected chi connectivity index (χ0v) is 8.54. The monoisotopic (exact) mass is 228 g/mol. The van der Waals surface area contributed by atoms with Gasteiger partial charge in [-0.1, -0.05) is 6.07 Å². The second kappa shape index (κ2) is 3.52. The van der Waals surface area contributed by atoms with E-state index < -0.39 is 18.0 Å². The first-order chi connectivity index (χ1) is 7.46. The minimum atomic E-state index is -3.23. The lowest BCUT2D eigenvalue weighted by Gasteiger charge is -2.14. The number of alkyl halides is 2. The van der Waals surface area contributed by atoms with Crippen molar-refractivity contribution in [3.8, 4) is 0 Å². The number of fused-ring (bicyclic) bond motifs is 1. The maximum Gasteiger partial charge on any atom is 0.337 e. The van der Waals surface area contributed by atoms with Gasteiger partial charge in [0.05, 0.1) is 12.7 Å². The number of hydrogen-bond acceptors (Lipinski definition) is 3. The van der Waals surface area contributed by atoms with Crippen molar-refractivity contribution in [2.45, 2.75) is 18.4 Å². The SMILES string of the molecule is COC(=O)c1ccc2c(c1)CC(O)C2(F)F. The normalized spacial score (nSPS) is 21.6. The number of methoxy groups -OCH3 is 1. The summed E-state index contributed by atoms with van der Waals surface area (Å²) in [4.78, 5) is 11.2. The Labute approximate surface area is 90.7 Å². The molecule has 1 aromatic carbocycles. The summed E-state index contributed by atoms with van der Waals surface area (Å²) in [7, 11) is 1.22. The molecule has 0 saturated heterocycles. The van der Waals surface area contributed by atoms with E-state index in [4.69, 9.17) is 0 Å². The lowest BCUT2D eigenvalue weighted by Crippen LogP contribution is -2.25. The first-order valence-electron chi connectivity index (χ1n) is 4.74. The predicted octanol–water partition coefficient (Wildman–Crippen LogP) is 1.48. The zero-order valence-electron chi connectivity index (χ0n) is 8.54. The molecule has 0 spiro atoms. The van der Waals surface area contributed by atoms with Crippen LogP contribution in [0.15, 0.2) is 18.2 Å². The van der Waals surface area contributed by atoms with E-state index in [1.54, 1.807) is 0 Å². The first kappa shape index (κ1) is 11.0. The third-order valence-corrected chi connectivity index (χ3v) is 2.72. The van der Waals surface area contributed by atoms with E-state index in [9.17, 15) is 18.7 Å². The van der Waals surface area contributed by atoms with Gasteiger partial charge in [0, 0.05) is 12.0 Å². The van der Waals surface area contributed by atoms with Crippen molar-refractivity contribution in [3.63, 3.8) is 0 Å². The summed E-state index contributed by atoms with van der Waals surface area (Å²) in [6.45, 7) is 0. The molecule has 1 aromatic rings. The number of halogens is 2. The van der Waals surface area contributed by atoms with Crippen LogP contribution in [0.1, 0.15) is 21.5 Å². The fourth-order valence-electron chi connectivity index (χ4n) is 1.85. The summed E-state index contributed by atoms with van der Waals surface area (Å²) >= 11 is 0. The molecule has 0 saturated carbocycles. The molecule has 1 aliphatic carbocycles. The molecule has 0 bridgehead atoms. The number of benzene rings is 1. The highest BCUT2D eigenvalue weighted by Crippen LogP contribution is 2.41. The molecule has 1 aliphatic rings. The van der Waals surface area contributed by atoms with Crippen LogP contribution in [0.4, 0.5) is 8.78 Å². The average molecular weight is 228 g/mol. The Morgan fingerprint density at radius 1 is 1.56 bits per heavy atom. The maximum atomic E-state index is 13.4. The first-order valence-corrected chi connectivity index (χ1v) is 4.74. The Hall–Kier alpha value is -1.49. The van der Waals surface area contributed by atoms with E-state index >= 15 is 0 Å². The van der Waals surface area contributed by atoms with Gasteiger partial charge in [-0.25, -0.2) is 4.79 Å². The summed E-state index contributed by atoms with van der Waals surface area (Å²) in [5, 5.41) is 9.20.